The molecule has 2 aliphatic rings. The van der Waals surface area contributed by atoms with E-state index in [1.54, 1.807) is 6.07 Å². The Morgan fingerprint density at radius 2 is 1.87 bits per heavy atom. The van der Waals surface area contributed by atoms with Crippen LogP contribution in [0.5, 0.6) is 5.75 Å². The summed E-state index contributed by atoms with van der Waals surface area (Å²) in [6, 6.07) is 13.4. The molecule has 7 heteroatoms. The number of rotatable bonds is 7. The second-order valence-corrected chi connectivity index (χ2v) is 8.78. The molecule has 0 bridgehead atoms. The summed E-state index contributed by atoms with van der Waals surface area (Å²) in [5, 5.41) is 10.2. The molecular weight excluding hydrogens is 423 g/mol. The summed E-state index contributed by atoms with van der Waals surface area (Å²) in [7, 11) is 0. The number of benzene rings is 2. The second-order valence-electron chi connectivity index (χ2n) is 7.93. The second kappa shape index (κ2) is 9.46. The van der Waals surface area contributed by atoms with Gasteiger partial charge >= 0.3 is 0 Å². The van der Waals surface area contributed by atoms with E-state index in [-0.39, 0.29) is 25.2 Å². The lowest BCUT2D eigenvalue weighted by Crippen LogP contribution is -2.50. The molecule has 2 aromatic carbocycles. The summed E-state index contributed by atoms with van der Waals surface area (Å²) in [6.07, 6.45) is 3.00. The molecule has 1 saturated heterocycles. The minimum Gasteiger partial charge on any atom is -0.491 e. The van der Waals surface area contributed by atoms with Gasteiger partial charge in [-0.2, -0.15) is 0 Å². The average Bonchev–Trinajstić information content (AvgIpc) is 3.56. The number of carbonyl (C=O) groups is 1. The number of ether oxygens (including phenoxy) is 1. The van der Waals surface area contributed by atoms with Crippen molar-refractivity contribution in [1.29, 1.82) is 0 Å². The van der Waals surface area contributed by atoms with Gasteiger partial charge < -0.3 is 19.6 Å². The van der Waals surface area contributed by atoms with Crippen LogP contribution in [0.4, 0.5) is 5.69 Å². The molecule has 0 spiro atoms. The predicted molar refractivity (Wildman–Crippen MR) is 119 cm³/mol. The number of piperazine rings is 1. The zero-order valence-corrected chi connectivity index (χ0v) is 18.3. The molecule has 0 aromatic heterocycles. The molecule has 2 fully saturated rings. The topological polar surface area (TPSA) is 53.0 Å². The first kappa shape index (κ1) is 21.3. The van der Waals surface area contributed by atoms with E-state index in [4.69, 9.17) is 33.0 Å². The van der Waals surface area contributed by atoms with Gasteiger partial charge in [-0.1, -0.05) is 35.3 Å². The lowest BCUT2D eigenvalue weighted by Gasteiger charge is -2.43. The van der Waals surface area contributed by atoms with E-state index < -0.39 is 0 Å². The molecule has 1 saturated carbocycles. The van der Waals surface area contributed by atoms with Crippen LogP contribution in [0.2, 0.25) is 10.0 Å². The molecule has 160 valence electrons. The maximum atomic E-state index is 12.8. The number of hydrogen-bond acceptors (Lipinski definition) is 4. The van der Waals surface area contributed by atoms with Gasteiger partial charge in [0.25, 0.3) is 0 Å². The molecular formula is C23H26Cl2N2O3. The predicted octanol–water partition coefficient (Wildman–Crippen LogP) is 4.55. The van der Waals surface area contributed by atoms with Gasteiger partial charge in [0, 0.05) is 37.1 Å². The fraction of sp³-hybridized carbons (Fsp3) is 0.435. The molecule has 1 atom stereocenters. The smallest absolute Gasteiger partial charge is 0.222 e. The lowest BCUT2D eigenvalue weighted by molar-refractivity contribution is -0.132. The third-order valence-electron chi connectivity index (χ3n) is 5.74. The minimum absolute atomic E-state index is 0.0131. The van der Waals surface area contributed by atoms with Crippen molar-refractivity contribution in [2.24, 2.45) is 5.92 Å². The van der Waals surface area contributed by atoms with Gasteiger partial charge in [-0.3, -0.25) is 4.79 Å². The van der Waals surface area contributed by atoms with E-state index in [9.17, 15) is 4.79 Å². The molecule has 0 unspecified atom stereocenters. The van der Waals surface area contributed by atoms with E-state index in [0.29, 0.717) is 47.8 Å². The number of halogens is 2. The van der Waals surface area contributed by atoms with E-state index in [2.05, 4.69) is 4.90 Å². The molecule has 1 amide bonds. The van der Waals surface area contributed by atoms with Crippen LogP contribution in [0.1, 0.15) is 30.9 Å². The Hall–Kier alpha value is -1.95. The van der Waals surface area contributed by atoms with Gasteiger partial charge in [0.05, 0.1) is 23.4 Å². The van der Waals surface area contributed by atoms with Crippen LogP contribution >= 0.6 is 23.2 Å². The highest BCUT2D eigenvalue weighted by atomic mass is 35.5. The quantitative estimate of drug-likeness (QED) is 0.674. The van der Waals surface area contributed by atoms with Crippen molar-refractivity contribution < 1.29 is 14.6 Å². The number of amides is 1. The number of carbonyl (C=O) groups excluding carboxylic acids is 1. The van der Waals surface area contributed by atoms with Crippen molar-refractivity contribution in [2.75, 3.05) is 37.7 Å². The molecule has 1 aliphatic heterocycles. The molecule has 0 radical (unpaired) electrons. The van der Waals surface area contributed by atoms with Crippen molar-refractivity contribution in [3.63, 3.8) is 0 Å². The van der Waals surface area contributed by atoms with Crippen molar-refractivity contribution >= 4 is 34.8 Å². The molecule has 1 heterocycles. The monoisotopic (exact) mass is 448 g/mol. The fourth-order valence-electron chi connectivity index (χ4n) is 3.94. The molecule has 30 heavy (non-hydrogen) atoms. The van der Waals surface area contributed by atoms with Gasteiger partial charge in [-0.25, -0.2) is 0 Å². The van der Waals surface area contributed by atoms with Crippen molar-refractivity contribution in [3.8, 4) is 5.75 Å². The highest BCUT2D eigenvalue weighted by Crippen LogP contribution is 2.38. The SMILES string of the molecule is O=C(CC1CC1)N1CCN(c2ccc(OCCO)cc2Cl)[C@H](c2ccc(Cl)cc2)C1. The normalized spacial score (nSPS) is 19.1. The summed E-state index contributed by atoms with van der Waals surface area (Å²) in [5.74, 6) is 1.44. The maximum Gasteiger partial charge on any atom is 0.222 e. The number of nitrogens with zero attached hydrogens (tertiary/aromatic N) is 2. The van der Waals surface area contributed by atoms with Gasteiger partial charge in [0.2, 0.25) is 5.91 Å². The third kappa shape index (κ3) is 5.02. The number of hydrogen-bond donors (Lipinski definition) is 1. The average molecular weight is 449 g/mol. The van der Waals surface area contributed by atoms with Crippen LogP contribution in [-0.2, 0) is 4.79 Å². The highest BCUT2D eigenvalue weighted by molar-refractivity contribution is 6.33. The van der Waals surface area contributed by atoms with E-state index in [1.165, 1.54) is 12.8 Å². The molecule has 4 rings (SSSR count). The van der Waals surface area contributed by atoms with Crippen LogP contribution in [0.15, 0.2) is 42.5 Å². The van der Waals surface area contributed by atoms with Crippen LogP contribution in [-0.4, -0.2) is 48.8 Å². The largest absolute Gasteiger partial charge is 0.491 e. The standard InChI is InChI=1S/C23H26Cl2N2O3/c24-18-5-3-17(4-6-18)22-15-26(23(29)13-16-1-2-16)9-10-27(22)21-8-7-19(14-20(21)25)30-12-11-28/h3-8,14,16,22,28H,1-2,9-13,15H2/t22-/m0/s1. The Morgan fingerprint density at radius 3 is 2.53 bits per heavy atom. The van der Waals surface area contributed by atoms with Crippen LogP contribution in [0, 0.1) is 5.92 Å². The number of anilines is 1. The zero-order chi connectivity index (χ0) is 21.1. The lowest BCUT2D eigenvalue weighted by atomic mass is 10.0. The van der Waals surface area contributed by atoms with Gasteiger partial charge in [0.15, 0.2) is 0 Å². The third-order valence-corrected chi connectivity index (χ3v) is 6.29. The van der Waals surface area contributed by atoms with Gasteiger partial charge in [-0.05, 0) is 48.6 Å². The summed E-state index contributed by atoms with van der Waals surface area (Å²) >= 11 is 12.7. The fourth-order valence-corrected chi connectivity index (χ4v) is 4.34. The Labute approximate surface area is 187 Å². The Kier molecular flexibility index (Phi) is 6.71. The molecule has 1 aliphatic carbocycles. The van der Waals surface area contributed by atoms with Gasteiger partial charge in [0.1, 0.15) is 12.4 Å². The summed E-state index contributed by atoms with van der Waals surface area (Å²) in [5.41, 5.74) is 2.00. The van der Waals surface area contributed by atoms with Crippen molar-refractivity contribution in [1.82, 2.24) is 4.90 Å². The molecule has 5 nitrogen and oxygen atoms in total. The van der Waals surface area contributed by atoms with Crippen molar-refractivity contribution in [2.45, 2.75) is 25.3 Å². The van der Waals surface area contributed by atoms with Crippen LogP contribution in [0.25, 0.3) is 0 Å². The Bertz CT molecular complexity index is 887. The maximum absolute atomic E-state index is 12.8. The Balaban J connectivity index is 1.58. The highest BCUT2D eigenvalue weighted by Gasteiger charge is 2.34. The molecule has 1 N–H and O–H groups in total. The summed E-state index contributed by atoms with van der Waals surface area (Å²) < 4.78 is 5.47. The van der Waals surface area contributed by atoms with Gasteiger partial charge in [-0.15, -0.1) is 0 Å². The first-order valence-corrected chi connectivity index (χ1v) is 11.1. The van der Waals surface area contributed by atoms with E-state index >= 15 is 0 Å². The zero-order valence-electron chi connectivity index (χ0n) is 16.8. The Morgan fingerprint density at radius 1 is 1.10 bits per heavy atom. The number of aliphatic hydroxyl groups excluding tert-OH is 1. The first-order valence-electron chi connectivity index (χ1n) is 10.4. The van der Waals surface area contributed by atoms with E-state index in [0.717, 1.165) is 11.3 Å². The van der Waals surface area contributed by atoms with Crippen molar-refractivity contribution in [3.05, 3.63) is 58.1 Å². The first-order chi connectivity index (χ1) is 14.5. The van der Waals surface area contributed by atoms with Crippen LogP contribution in [0.3, 0.4) is 0 Å². The van der Waals surface area contributed by atoms with Crippen LogP contribution < -0.4 is 9.64 Å². The number of aliphatic hydroxyl groups is 1. The summed E-state index contributed by atoms with van der Waals surface area (Å²) in [6.45, 7) is 2.17. The minimum atomic E-state index is -0.0468. The summed E-state index contributed by atoms with van der Waals surface area (Å²) in [4.78, 5) is 17.0. The van der Waals surface area contributed by atoms with E-state index in [1.807, 2.05) is 41.3 Å². The molecule has 2 aromatic rings.